The predicted octanol–water partition coefficient (Wildman–Crippen LogP) is 4.86. The summed E-state index contributed by atoms with van der Waals surface area (Å²) in [7, 11) is 0. The van der Waals surface area contributed by atoms with Crippen molar-refractivity contribution in [1.82, 2.24) is 4.98 Å². The van der Waals surface area contributed by atoms with E-state index in [2.05, 4.69) is 37.1 Å². The lowest BCUT2D eigenvalue weighted by atomic mass is 9.83. The van der Waals surface area contributed by atoms with Crippen LogP contribution in [0.15, 0.2) is 42.6 Å². The topological polar surface area (TPSA) is 63.4 Å². The molecule has 28 heavy (non-hydrogen) atoms. The quantitative estimate of drug-likeness (QED) is 0.686. The smallest absolute Gasteiger partial charge is 0.235 e. The van der Waals surface area contributed by atoms with Gasteiger partial charge in [-0.05, 0) is 59.7 Å². The number of rotatable bonds is 3. The first-order chi connectivity index (χ1) is 13.4. The highest BCUT2D eigenvalue weighted by Gasteiger charge is 2.52. The van der Waals surface area contributed by atoms with E-state index in [9.17, 15) is 4.79 Å². The minimum Gasteiger partial charge on any atom is -0.454 e. The van der Waals surface area contributed by atoms with Gasteiger partial charge >= 0.3 is 0 Å². The molecule has 2 aromatic carbocycles. The Labute approximate surface area is 164 Å². The van der Waals surface area contributed by atoms with E-state index in [-0.39, 0.29) is 18.1 Å². The Morgan fingerprint density at radius 2 is 1.86 bits per heavy atom. The van der Waals surface area contributed by atoms with E-state index in [0.717, 1.165) is 52.1 Å². The van der Waals surface area contributed by atoms with Crippen molar-refractivity contribution in [2.45, 2.75) is 44.4 Å². The second kappa shape index (κ2) is 5.77. The molecule has 5 rings (SSSR count). The Balaban J connectivity index is 1.51. The van der Waals surface area contributed by atoms with Crippen molar-refractivity contribution in [1.29, 1.82) is 0 Å². The van der Waals surface area contributed by atoms with Gasteiger partial charge in [0, 0.05) is 22.8 Å². The number of amides is 1. The lowest BCUT2D eigenvalue weighted by Crippen LogP contribution is -2.29. The molecular weight excluding hydrogens is 352 g/mol. The number of hydrogen-bond donors (Lipinski definition) is 2. The summed E-state index contributed by atoms with van der Waals surface area (Å²) in [6.07, 6.45) is 3.63. The van der Waals surface area contributed by atoms with Gasteiger partial charge in [0.1, 0.15) is 0 Å². The van der Waals surface area contributed by atoms with E-state index in [4.69, 9.17) is 9.47 Å². The molecule has 1 aliphatic heterocycles. The maximum atomic E-state index is 13.4. The van der Waals surface area contributed by atoms with Crippen LogP contribution >= 0.6 is 0 Å². The van der Waals surface area contributed by atoms with Crippen molar-refractivity contribution in [2.75, 3.05) is 12.1 Å². The SMILES string of the molecule is CC(C)(C)c1c(NC(=O)C2(c3ccc4c(c3)OCO4)CC2)ccc2[nH]ccc12. The van der Waals surface area contributed by atoms with Crippen molar-refractivity contribution in [3.05, 3.63) is 53.7 Å². The highest BCUT2D eigenvalue weighted by molar-refractivity contribution is 6.04. The summed E-state index contributed by atoms with van der Waals surface area (Å²) in [5, 5.41) is 4.39. The highest BCUT2D eigenvalue weighted by Crippen LogP contribution is 2.51. The molecule has 0 atom stereocenters. The number of aromatic amines is 1. The standard InChI is InChI=1S/C23H24N2O3/c1-22(2,3)20-15-8-11-24-16(15)5-6-17(20)25-21(26)23(9-10-23)14-4-7-18-19(12-14)28-13-27-18/h4-8,11-12,24H,9-10,13H2,1-3H3,(H,25,26). The van der Waals surface area contributed by atoms with Gasteiger partial charge in [0.25, 0.3) is 0 Å². The zero-order chi connectivity index (χ0) is 19.5. The van der Waals surface area contributed by atoms with Crippen LogP contribution in [0.3, 0.4) is 0 Å². The average Bonchev–Trinajstić information content (AvgIpc) is 3.10. The Morgan fingerprint density at radius 3 is 2.61 bits per heavy atom. The Kier molecular flexibility index (Phi) is 3.54. The van der Waals surface area contributed by atoms with Crippen LogP contribution in [0.4, 0.5) is 5.69 Å². The maximum Gasteiger partial charge on any atom is 0.235 e. The summed E-state index contributed by atoms with van der Waals surface area (Å²) in [6.45, 7) is 6.77. The van der Waals surface area contributed by atoms with Gasteiger partial charge in [-0.2, -0.15) is 0 Å². The molecule has 0 saturated heterocycles. The van der Waals surface area contributed by atoms with Crippen LogP contribution in [0.5, 0.6) is 11.5 Å². The van der Waals surface area contributed by atoms with Crippen molar-refractivity contribution in [3.63, 3.8) is 0 Å². The van der Waals surface area contributed by atoms with Crippen LogP contribution in [0.1, 0.15) is 44.7 Å². The first kappa shape index (κ1) is 17.2. The van der Waals surface area contributed by atoms with Crippen LogP contribution in [0.2, 0.25) is 0 Å². The Morgan fingerprint density at radius 1 is 1.07 bits per heavy atom. The van der Waals surface area contributed by atoms with Gasteiger partial charge in [0.15, 0.2) is 11.5 Å². The molecule has 2 N–H and O–H groups in total. The number of ether oxygens (including phenoxy) is 2. The Hall–Kier alpha value is -2.95. The molecule has 0 spiro atoms. The number of nitrogens with one attached hydrogen (secondary N) is 2. The average molecular weight is 376 g/mol. The molecule has 0 bridgehead atoms. The third-order valence-electron chi connectivity index (χ3n) is 5.84. The molecule has 0 unspecified atom stereocenters. The van der Waals surface area contributed by atoms with Crippen molar-refractivity contribution in [2.24, 2.45) is 0 Å². The van der Waals surface area contributed by atoms with E-state index in [0.29, 0.717) is 0 Å². The third kappa shape index (κ3) is 2.57. The van der Waals surface area contributed by atoms with Gasteiger partial charge in [-0.15, -0.1) is 0 Å². The van der Waals surface area contributed by atoms with Crippen LogP contribution < -0.4 is 14.8 Å². The number of aromatic nitrogens is 1. The minimum atomic E-state index is -0.483. The minimum absolute atomic E-state index is 0.0479. The summed E-state index contributed by atoms with van der Waals surface area (Å²) < 4.78 is 10.9. The van der Waals surface area contributed by atoms with Crippen molar-refractivity contribution >= 4 is 22.5 Å². The van der Waals surface area contributed by atoms with Crippen LogP contribution in [-0.4, -0.2) is 17.7 Å². The number of H-pyrrole nitrogens is 1. The van der Waals surface area contributed by atoms with Crippen molar-refractivity contribution in [3.8, 4) is 11.5 Å². The second-order valence-corrected chi connectivity index (χ2v) is 8.78. The number of anilines is 1. The fourth-order valence-corrected chi connectivity index (χ4v) is 4.25. The molecule has 2 heterocycles. The molecule has 1 fully saturated rings. The third-order valence-corrected chi connectivity index (χ3v) is 5.84. The summed E-state index contributed by atoms with van der Waals surface area (Å²) in [5.41, 5.74) is 3.54. The van der Waals surface area contributed by atoms with Crippen molar-refractivity contribution < 1.29 is 14.3 Å². The first-order valence-electron chi connectivity index (χ1n) is 9.71. The number of hydrogen-bond acceptors (Lipinski definition) is 3. The van der Waals surface area contributed by atoms with Crippen LogP contribution in [-0.2, 0) is 15.6 Å². The first-order valence-corrected chi connectivity index (χ1v) is 9.71. The summed E-state index contributed by atoms with van der Waals surface area (Å²) in [5.74, 6) is 1.51. The number of benzene rings is 2. The lowest BCUT2D eigenvalue weighted by molar-refractivity contribution is -0.118. The molecule has 5 nitrogen and oxygen atoms in total. The van der Waals surface area contributed by atoms with Gasteiger partial charge in [-0.1, -0.05) is 26.8 Å². The van der Waals surface area contributed by atoms with Gasteiger partial charge < -0.3 is 19.8 Å². The van der Waals surface area contributed by atoms with Gasteiger partial charge in [0.2, 0.25) is 12.7 Å². The molecular formula is C23H24N2O3. The van der Waals surface area contributed by atoms with Gasteiger partial charge in [0.05, 0.1) is 5.41 Å². The van der Waals surface area contributed by atoms with Crippen LogP contribution in [0, 0.1) is 0 Å². The molecule has 3 aromatic rings. The normalized spacial score (nSPS) is 17.0. The lowest BCUT2D eigenvalue weighted by Gasteiger charge is -2.25. The number of fused-ring (bicyclic) bond motifs is 2. The van der Waals surface area contributed by atoms with E-state index in [1.807, 2.05) is 36.5 Å². The van der Waals surface area contributed by atoms with E-state index in [1.165, 1.54) is 0 Å². The highest BCUT2D eigenvalue weighted by atomic mass is 16.7. The summed E-state index contributed by atoms with van der Waals surface area (Å²) in [6, 6.07) is 12.0. The molecule has 5 heteroatoms. The number of carbonyl (C=O) groups excluding carboxylic acids is 1. The van der Waals surface area contributed by atoms with Crippen LogP contribution in [0.25, 0.3) is 10.9 Å². The van der Waals surface area contributed by atoms with E-state index in [1.54, 1.807) is 0 Å². The molecule has 0 radical (unpaired) electrons. The number of carbonyl (C=O) groups is 1. The Bertz CT molecular complexity index is 1090. The van der Waals surface area contributed by atoms with Gasteiger partial charge in [-0.25, -0.2) is 0 Å². The molecule has 1 aliphatic carbocycles. The predicted molar refractivity (Wildman–Crippen MR) is 109 cm³/mol. The maximum absolute atomic E-state index is 13.4. The van der Waals surface area contributed by atoms with E-state index >= 15 is 0 Å². The molecule has 1 saturated carbocycles. The fraction of sp³-hybridized carbons (Fsp3) is 0.348. The summed E-state index contributed by atoms with van der Waals surface area (Å²) >= 11 is 0. The second-order valence-electron chi connectivity index (χ2n) is 8.78. The molecule has 2 aliphatic rings. The van der Waals surface area contributed by atoms with Gasteiger partial charge in [-0.3, -0.25) is 4.79 Å². The monoisotopic (exact) mass is 376 g/mol. The zero-order valence-electron chi connectivity index (χ0n) is 16.4. The molecule has 144 valence electrons. The fourth-order valence-electron chi connectivity index (χ4n) is 4.25. The summed E-state index contributed by atoms with van der Waals surface area (Å²) in [4.78, 5) is 16.6. The largest absolute Gasteiger partial charge is 0.454 e. The van der Waals surface area contributed by atoms with E-state index < -0.39 is 5.41 Å². The molecule has 1 aromatic heterocycles. The molecule has 1 amide bonds. The zero-order valence-corrected chi connectivity index (χ0v) is 16.4.